The largest absolute Gasteiger partial charge is 0.456 e. The van der Waals surface area contributed by atoms with Gasteiger partial charge >= 0.3 is 0 Å². The Labute approximate surface area is 325 Å². The van der Waals surface area contributed by atoms with Crippen LogP contribution < -0.4 is 5.43 Å². The molecule has 3 aromatic heterocycles. The number of rotatable bonds is 6. The summed E-state index contributed by atoms with van der Waals surface area (Å²) in [5.74, 6) is 1.19. The minimum atomic E-state index is -0.0600. The van der Waals surface area contributed by atoms with Gasteiger partial charge in [-0.25, -0.2) is 9.97 Å². The third kappa shape index (κ3) is 5.88. The summed E-state index contributed by atoms with van der Waals surface area (Å²) in [5, 5.41) is 1.09. The van der Waals surface area contributed by atoms with Crippen LogP contribution in [0.4, 0.5) is 0 Å². The van der Waals surface area contributed by atoms with Gasteiger partial charge in [-0.2, -0.15) is 0 Å². The lowest BCUT2D eigenvalue weighted by atomic mass is 9.97. The van der Waals surface area contributed by atoms with Gasteiger partial charge in [0.2, 0.25) is 17.2 Å². The summed E-state index contributed by atoms with van der Waals surface area (Å²) in [6, 6.07) is 60.3. The molecule has 11 rings (SSSR count). The zero-order valence-electron chi connectivity index (χ0n) is 30.3. The maximum Gasteiger partial charge on any atom is 0.227 e. The standard InChI is InChI=1S/C51H30N2O4/c54-49-41-29-37(33-19-15-31(16-20-33)35-7-5-9-39(27-35)50-52-43-11-1-3-13-47(43)56-50)23-25-45(41)55-46-26-24-38(30-42(46)49)34-21-17-32(18-22-34)36-8-6-10-40(28-36)51-53-44-12-2-4-14-48(44)57-51/h1-30H. The number of benzene rings is 8. The highest BCUT2D eigenvalue weighted by Crippen LogP contribution is 2.34. The van der Waals surface area contributed by atoms with Crippen LogP contribution in [0.15, 0.2) is 200 Å². The van der Waals surface area contributed by atoms with Gasteiger partial charge in [0.15, 0.2) is 11.2 Å². The second kappa shape index (κ2) is 13.2. The normalized spacial score (nSPS) is 11.6. The number of hydrogen-bond acceptors (Lipinski definition) is 6. The Kier molecular flexibility index (Phi) is 7.54. The van der Waals surface area contributed by atoms with Crippen molar-refractivity contribution in [2.75, 3.05) is 0 Å². The Bertz CT molecular complexity index is 3080. The van der Waals surface area contributed by atoms with Crippen LogP contribution in [0.3, 0.4) is 0 Å². The Morgan fingerprint density at radius 2 is 0.667 bits per heavy atom. The van der Waals surface area contributed by atoms with Crippen molar-refractivity contribution in [2.24, 2.45) is 0 Å². The molecular weight excluding hydrogens is 705 g/mol. The molecule has 6 nitrogen and oxygen atoms in total. The van der Waals surface area contributed by atoms with E-state index in [1.54, 1.807) is 0 Å². The van der Waals surface area contributed by atoms with E-state index in [1.807, 2.05) is 109 Å². The molecule has 6 heteroatoms. The smallest absolute Gasteiger partial charge is 0.227 e. The molecule has 0 bridgehead atoms. The molecule has 0 saturated carbocycles. The predicted octanol–water partition coefficient (Wildman–Crippen LogP) is 13.2. The average Bonchev–Trinajstić information content (AvgIpc) is 3.92. The monoisotopic (exact) mass is 734 g/mol. The molecule has 57 heavy (non-hydrogen) atoms. The van der Waals surface area contributed by atoms with E-state index in [2.05, 4.69) is 82.8 Å². The average molecular weight is 735 g/mol. The van der Waals surface area contributed by atoms with Crippen molar-refractivity contribution in [3.8, 4) is 67.4 Å². The lowest BCUT2D eigenvalue weighted by Gasteiger charge is -2.09. The van der Waals surface area contributed by atoms with Crippen molar-refractivity contribution in [3.63, 3.8) is 0 Å². The summed E-state index contributed by atoms with van der Waals surface area (Å²) in [6.45, 7) is 0. The molecule has 0 spiro atoms. The van der Waals surface area contributed by atoms with Crippen LogP contribution in [-0.4, -0.2) is 9.97 Å². The van der Waals surface area contributed by atoms with E-state index in [4.69, 9.17) is 13.3 Å². The molecule has 0 aliphatic heterocycles. The maximum atomic E-state index is 14.1. The Hall–Kier alpha value is -7.83. The first-order valence-corrected chi connectivity index (χ1v) is 18.7. The molecule has 0 fully saturated rings. The van der Waals surface area contributed by atoms with E-state index in [-0.39, 0.29) is 5.43 Å². The minimum absolute atomic E-state index is 0.0600. The van der Waals surface area contributed by atoms with Gasteiger partial charge in [0.1, 0.15) is 22.2 Å². The van der Waals surface area contributed by atoms with E-state index in [0.29, 0.717) is 33.7 Å². The summed E-state index contributed by atoms with van der Waals surface area (Å²) < 4.78 is 18.3. The second-order valence-electron chi connectivity index (χ2n) is 14.1. The van der Waals surface area contributed by atoms with Gasteiger partial charge in [-0.1, -0.05) is 109 Å². The predicted molar refractivity (Wildman–Crippen MR) is 228 cm³/mol. The highest BCUT2D eigenvalue weighted by Gasteiger charge is 2.14. The van der Waals surface area contributed by atoms with E-state index in [0.717, 1.165) is 77.8 Å². The van der Waals surface area contributed by atoms with Gasteiger partial charge in [0.25, 0.3) is 0 Å². The number of fused-ring (bicyclic) bond motifs is 4. The van der Waals surface area contributed by atoms with E-state index in [9.17, 15) is 4.79 Å². The van der Waals surface area contributed by atoms with Crippen LogP contribution in [0.1, 0.15) is 0 Å². The van der Waals surface area contributed by atoms with Crippen molar-refractivity contribution < 1.29 is 13.3 Å². The summed E-state index contributed by atoms with van der Waals surface area (Å²) in [6.07, 6.45) is 0. The van der Waals surface area contributed by atoms with Crippen molar-refractivity contribution in [2.45, 2.75) is 0 Å². The number of hydrogen-bond donors (Lipinski definition) is 0. The van der Waals surface area contributed by atoms with E-state index in [1.165, 1.54) is 0 Å². The van der Waals surface area contributed by atoms with Gasteiger partial charge in [-0.05, 0) is 117 Å². The molecule has 3 heterocycles. The first-order valence-electron chi connectivity index (χ1n) is 18.7. The Morgan fingerprint density at radius 1 is 0.298 bits per heavy atom. The molecule has 0 atom stereocenters. The molecule has 0 amide bonds. The molecule has 0 unspecified atom stereocenters. The number of para-hydroxylation sites is 4. The maximum absolute atomic E-state index is 14.1. The van der Waals surface area contributed by atoms with E-state index >= 15 is 0 Å². The quantitative estimate of drug-likeness (QED) is 0.158. The molecule has 0 N–H and O–H groups in total. The fourth-order valence-electron chi connectivity index (χ4n) is 7.58. The highest BCUT2D eigenvalue weighted by molar-refractivity contribution is 5.94. The van der Waals surface area contributed by atoms with Crippen molar-refractivity contribution in [3.05, 3.63) is 192 Å². The summed E-state index contributed by atoms with van der Waals surface area (Å²) >= 11 is 0. The fourth-order valence-corrected chi connectivity index (χ4v) is 7.58. The fraction of sp³-hybridized carbons (Fsp3) is 0. The van der Waals surface area contributed by atoms with Gasteiger partial charge in [-0.15, -0.1) is 0 Å². The molecule has 0 aliphatic carbocycles. The molecular formula is C51H30N2O4. The third-order valence-corrected chi connectivity index (χ3v) is 10.6. The molecule has 268 valence electrons. The van der Waals surface area contributed by atoms with Crippen LogP contribution >= 0.6 is 0 Å². The van der Waals surface area contributed by atoms with Crippen molar-refractivity contribution >= 4 is 44.1 Å². The molecule has 0 saturated heterocycles. The third-order valence-electron chi connectivity index (χ3n) is 10.6. The number of nitrogens with zero attached hydrogens (tertiary/aromatic N) is 2. The Balaban J connectivity index is 0.867. The topological polar surface area (TPSA) is 82.3 Å². The zero-order valence-corrected chi connectivity index (χ0v) is 30.3. The zero-order chi connectivity index (χ0) is 37.9. The molecule has 8 aromatic carbocycles. The van der Waals surface area contributed by atoms with Gasteiger partial charge < -0.3 is 13.3 Å². The van der Waals surface area contributed by atoms with Crippen molar-refractivity contribution in [1.29, 1.82) is 0 Å². The summed E-state index contributed by atoms with van der Waals surface area (Å²) in [4.78, 5) is 23.4. The van der Waals surface area contributed by atoms with Crippen molar-refractivity contribution in [1.82, 2.24) is 9.97 Å². The SMILES string of the molecule is O=c1c2cc(-c3ccc(-c4cccc(-c5nc6ccccc6o5)c4)cc3)ccc2oc2ccc(-c3ccc(-c4cccc(-c5nc6ccccc6o5)c4)cc3)cc12. The van der Waals surface area contributed by atoms with Gasteiger partial charge in [-0.3, -0.25) is 4.79 Å². The van der Waals surface area contributed by atoms with Crippen LogP contribution in [0.5, 0.6) is 0 Å². The van der Waals surface area contributed by atoms with Crippen LogP contribution in [0, 0.1) is 0 Å². The number of oxazole rings is 2. The number of aromatic nitrogens is 2. The molecule has 0 aliphatic rings. The summed E-state index contributed by atoms with van der Waals surface area (Å²) in [7, 11) is 0. The lowest BCUT2D eigenvalue weighted by Crippen LogP contribution is -2.02. The summed E-state index contributed by atoms with van der Waals surface area (Å²) in [5.41, 5.74) is 14.2. The minimum Gasteiger partial charge on any atom is -0.456 e. The Morgan fingerprint density at radius 3 is 1.09 bits per heavy atom. The van der Waals surface area contributed by atoms with Gasteiger partial charge in [0.05, 0.1) is 10.8 Å². The molecule has 11 aromatic rings. The highest BCUT2D eigenvalue weighted by atomic mass is 16.4. The van der Waals surface area contributed by atoms with E-state index < -0.39 is 0 Å². The molecule has 0 radical (unpaired) electrons. The van der Waals surface area contributed by atoms with Crippen LogP contribution in [0.2, 0.25) is 0 Å². The first kappa shape index (κ1) is 32.6. The van der Waals surface area contributed by atoms with Crippen LogP contribution in [-0.2, 0) is 0 Å². The second-order valence-corrected chi connectivity index (χ2v) is 14.1. The van der Waals surface area contributed by atoms with Crippen LogP contribution in [0.25, 0.3) is 112 Å². The first-order chi connectivity index (χ1) is 28.1. The lowest BCUT2D eigenvalue weighted by molar-refractivity contribution is 0.619. The van der Waals surface area contributed by atoms with Gasteiger partial charge in [0, 0.05) is 11.1 Å².